The maximum atomic E-state index is 11.8. The molecule has 0 spiro atoms. The Morgan fingerprint density at radius 1 is 1.69 bits per heavy atom. The zero-order valence-electron chi connectivity index (χ0n) is 7.88. The van der Waals surface area contributed by atoms with Gasteiger partial charge in [0.05, 0.1) is 6.61 Å². The normalized spacial score (nSPS) is 32.8. The molecule has 0 amide bonds. The van der Waals surface area contributed by atoms with Gasteiger partial charge in [-0.15, -0.1) is 0 Å². The molecule has 0 radical (unpaired) electrons. The third-order valence-electron chi connectivity index (χ3n) is 2.81. The van der Waals surface area contributed by atoms with E-state index in [4.69, 9.17) is 4.74 Å². The number of carbonyl (C=O) groups is 1. The predicted molar refractivity (Wildman–Crippen MR) is 49.2 cm³/mol. The van der Waals surface area contributed by atoms with Gasteiger partial charge in [0.25, 0.3) is 0 Å². The first-order chi connectivity index (χ1) is 6.29. The van der Waals surface area contributed by atoms with Crippen molar-refractivity contribution in [1.29, 1.82) is 0 Å². The van der Waals surface area contributed by atoms with Crippen LogP contribution in [0.5, 0.6) is 0 Å². The quantitative estimate of drug-likeness (QED) is 0.686. The minimum absolute atomic E-state index is 0.129. The van der Waals surface area contributed by atoms with E-state index in [0.29, 0.717) is 18.4 Å². The summed E-state index contributed by atoms with van der Waals surface area (Å²) in [6, 6.07) is 0.303. The van der Waals surface area contributed by atoms with Crippen molar-refractivity contribution in [2.24, 2.45) is 5.92 Å². The lowest BCUT2D eigenvalue weighted by atomic mass is 9.95. The zero-order valence-corrected chi connectivity index (χ0v) is 7.88. The van der Waals surface area contributed by atoms with Gasteiger partial charge in [0.1, 0.15) is 0 Å². The third-order valence-corrected chi connectivity index (χ3v) is 2.81. The Balaban J connectivity index is 2.03. The molecule has 13 heavy (non-hydrogen) atoms. The van der Waals surface area contributed by atoms with Crippen molar-refractivity contribution in [3.05, 3.63) is 11.8 Å². The van der Waals surface area contributed by atoms with Crippen molar-refractivity contribution in [3.8, 4) is 0 Å². The molecule has 0 aromatic carbocycles. The summed E-state index contributed by atoms with van der Waals surface area (Å²) in [7, 11) is 0. The molecule has 3 nitrogen and oxygen atoms in total. The average molecular weight is 181 g/mol. The Bertz CT molecular complexity index is 247. The van der Waals surface area contributed by atoms with Crippen LogP contribution in [0.1, 0.15) is 19.8 Å². The maximum Gasteiger partial charge on any atom is 0.201 e. The van der Waals surface area contributed by atoms with E-state index >= 15 is 0 Å². The molecule has 72 valence electrons. The highest BCUT2D eigenvalue weighted by Crippen LogP contribution is 2.22. The summed E-state index contributed by atoms with van der Waals surface area (Å²) in [6.45, 7) is 3.69. The van der Waals surface area contributed by atoms with Crippen LogP contribution in [0.15, 0.2) is 11.8 Å². The van der Waals surface area contributed by atoms with Gasteiger partial charge in [-0.3, -0.25) is 4.79 Å². The minimum atomic E-state index is 0.129. The molecule has 2 aliphatic heterocycles. The molecule has 2 unspecified atom stereocenters. The highest BCUT2D eigenvalue weighted by molar-refractivity contribution is 5.96. The largest absolute Gasteiger partial charge is 0.490 e. The highest BCUT2D eigenvalue weighted by atomic mass is 16.5. The molecule has 2 atom stereocenters. The van der Waals surface area contributed by atoms with Gasteiger partial charge in [0.2, 0.25) is 5.78 Å². The Kier molecular flexibility index (Phi) is 2.36. The fraction of sp³-hybridized carbons (Fsp3) is 0.700. The zero-order chi connectivity index (χ0) is 9.26. The lowest BCUT2D eigenvalue weighted by Crippen LogP contribution is -2.29. The van der Waals surface area contributed by atoms with Crippen molar-refractivity contribution in [2.75, 3.05) is 13.2 Å². The van der Waals surface area contributed by atoms with Gasteiger partial charge in [-0.25, -0.2) is 0 Å². The molecule has 0 aliphatic carbocycles. The summed E-state index contributed by atoms with van der Waals surface area (Å²) in [5.41, 5.74) is 0. The molecule has 1 fully saturated rings. The fourth-order valence-electron chi connectivity index (χ4n) is 1.99. The molecular weight excluding hydrogens is 166 g/mol. The van der Waals surface area contributed by atoms with Crippen molar-refractivity contribution < 1.29 is 9.53 Å². The first-order valence-corrected chi connectivity index (χ1v) is 4.89. The maximum absolute atomic E-state index is 11.8. The van der Waals surface area contributed by atoms with Crippen LogP contribution in [-0.4, -0.2) is 25.0 Å². The van der Waals surface area contributed by atoms with Gasteiger partial charge in [-0.05, 0) is 26.0 Å². The summed E-state index contributed by atoms with van der Waals surface area (Å²) in [6.07, 6.45) is 3.74. The van der Waals surface area contributed by atoms with Crippen molar-refractivity contribution in [2.45, 2.75) is 25.8 Å². The second-order valence-corrected chi connectivity index (χ2v) is 3.71. The topological polar surface area (TPSA) is 38.3 Å². The van der Waals surface area contributed by atoms with Crippen LogP contribution < -0.4 is 5.32 Å². The van der Waals surface area contributed by atoms with Crippen LogP contribution in [0.25, 0.3) is 0 Å². The number of carbonyl (C=O) groups excluding carboxylic acids is 1. The van der Waals surface area contributed by atoms with E-state index in [1.54, 1.807) is 0 Å². The van der Waals surface area contributed by atoms with Crippen molar-refractivity contribution in [3.63, 3.8) is 0 Å². The lowest BCUT2D eigenvalue weighted by molar-refractivity contribution is -0.122. The SMILES string of the molecule is CC1NCCC1C(=O)C1=CCCO1. The monoisotopic (exact) mass is 181 g/mol. The van der Waals surface area contributed by atoms with Crippen molar-refractivity contribution in [1.82, 2.24) is 5.32 Å². The van der Waals surface area contributed by atoms with Gasteiger partial charge in [-0.1, -0.05) is 0 Å². The van der Waals surface area contributed by atoms with E-state index in [0.717, 1.165) is 19.4 Å². The van der Waals surface area contributed by atoms with E-state index in [2.05, 4.69) is 12.2 Å². The standard InChI is InChI=1S/C10H15NO2/c1-7-8(4-5-11-7)10(12)9-3-2-6-13-9/h3,7-8,11H,2,4-6H2,1H3. The van der Waals surface area contributed by atoms with Gasteiger partial charge >= 0.3 is 0 Å². The van der Waals surface area contributed by atoms with Crippen LogP contribution in [0.4, 0.5) is 0 Å². The average Bonchev–Trinajstić information content (AvgIpc) is 2.72. The number of nitrogens with one attached hydrogen (secondary N) is 1. The van der Waals surface area contributed by atoms with Crippen LogP contribution >= 0.6 is 0 Å². The molecule has 0 saturated carbocycles. The van der Waals surface area contributed by atoms with Crippen LogP contribution in [-0.2, 0) is 9.53 Å². The smallest absolute Gasteiger partial charge is 0.201 e. The molecule has 0 aromatic rings. The Morgan fingerprint density at radius 2 is 2.54 bits per heavy atom. The summed E-state index contributed by atoms with van der Waals surface area (Å²) >= 11 is 0. The number of hydrogen-bond acceptors (Lipinski definition) is 3. The van der Waals surface area contributed by atoms with E-state index in [1.807, 2.05) is 6.08 Å². The molecule has 2 aliphatic rings. The summed E-state index contributed by atoms with van der Waals surface area (Å²) in [5.74, 6) is 0.917. The molecule has 0 aromatic heterocycles. The van der Waals surface area contributed by atoms with Crippen LogP contribution in [0, 0.1) is 5.92 Å². The van der Waals surface area contributed by atoms with E-state index in [-0.39, 0.29) is 11.7 Å². The van der Waals surface area contributed by atoms with Gasteiger partial charge < -0.3 is 10.1 Å². The third kappa shape index (κ3) is 1.61. The molecule has 3 heteroatoms. The van der Waals surface area contributed by atoms with Crippen LogP contribution in [0.2, 0.25) is 0 Å². The Morgan fingerprint density at radius 3 is 3.08 bits per heavy atom. The number of allylic oxidation sites excluding steroid dienone is 1. The second-order valence-electron chi connectivity index (χ2n) is 3.71. The molecule has 0 bridgehead atoms. The molecule has 2 rings (SSSR count). The molecule has 2 heterocycles. The first kappa shape index (κ1) is 8.75. The van der Waals surface area contributed by atoms with Crippen molar-refractivity contribution >= 4 is 5.78 Å². The van der Waals surface area contributed by atoms with E-state index in [1.165, 1.54) is 0 Å². The lowest BCUT2D eigenvalue weighted by Gasteiger charge is -2.13. The molecular formula is C10H15NO2. The number of ether oxygens (including phenoxy) is 1. The second kappa shape index (κ2) is 3.50. The van der Waals surface area contributed by atoms with E-state index < -0.39 is 0 Å². The van der Waals surface area contributed by atoms with Gasteiger partial charge in [-0.2, -0.15) is 0 Å². The summed E-state index contributed by atoms with van der Waals surface area (Å²) in [4.78, 5) is 11.8. The highest BCUT2D eigenvalue weighted by Gasteiger charge is 2.32. The number of Topliss-reactive ketones (excluding diaryl/α,β-unsaturated/α-hetero) is 1. The minimum Gasteiger partial charge on any atom is -0.490 e. The Hall–Kier alpha value is -0.830. The predicted octanol–water partition coefficient (Wildman–Crippen LogP) is 0.858. The van der Waals surface area contributed by atoms with Crippen LogP contribution in [0.3, 0.4) is 0 Å². The van der Waals surface area contributed by atoms with Gasteiger partial charge in [0, 0.05) is 18.4 Å². The fourth-order valence-corrected chi connectivity index (χ4v) is 1.99. The number of rotatable bonds is 2. The first-order valence-electron chi connectivity index (χ1n) is 4.89. The summed E-state index contributed by atoms with van der Waals surface area (Å²) < 4.78 is 5.26. The molecule has 1 saturated heterocycles. The molecule has 1 N–H and O–H groups in total. The number of hydrogen-bond donors (Lipinski definition) is 1. The van der Waals surface area contributed by atoms with Gasteiger partial charge in [0.15, 0.2) is 5.76 Å². The summed E-state index contributed by atoms with van der Waals surface area (Å²) in [5, 5.41) is 3.27. The van der Waals surface area contributed by atoms with E-state index in [9.17, 15) is 4.79 Å². The number of ketones is 1. The Labute approximate surface area is 78.1 Å².